The Kier molecular flexibility index (Phi) is 1.27. The van der Waals surface area contributed by atoms with E-state index in [9.17, 15) is 4.39 Å². The van der Waals surface area contributed by atoms with E-state index in [1.807, 2.05) is 0 Å². The van der Waals surface area contributed by atoms with Crippen LogP contribution in [0.25, 0.3) is 4.85 Å². The van der Waals surface area contributed by atoms with Crippen molar-refractivity contribution < 1.29 is 13.6 Å². The average molecular weight is 154 g/mol. The summed E-state index contributed by atoms with van der Waals surface area (Å²) in [5.74, 6) is -1.01. The number of benzene rings is 1. The molecule has 0 unspecified atom stereocenters. The van der Waals surface area contributed by atoms with Crippen molar-refractivity contribution in [2.24, 2.45) is 0 Å². The van der Waals surface area contributed by atoms with Gasteiger partial charge >= 0.3 is 0 Å². The van der Waals surface area contributed by atoms with Crippen LogP contribution in [0.15, 0.2) is 18.2 Å². The molecule has 2 nitrogen and oxygen atoms in total. The summed E-state index contributed by atoms with van der Waals surface area (Å²) < 4.78 is 33.9. The SMILES string of the molecule is [2H]c1cc(C([2H])([2H])O)cc([N+]#[C-])c1F. The third-order valence-electron chi connectivity index (χ3n) is 1.12. The molecule has 0 aliphatic rings. The van der Waals surface area contributed by atoms with E-state index in [1.165, 1.54) is 0 Å². The molecule has 1 aromatic rings. The molecule has 0 fully saturated rings. The Morgan fingerprint density at radius 3 is 3.18 bits per heavy atom. The molecule has 11 heavy (non-hydrogen) atoms. The fourth-order valence-corrected chi connectivity index (χ4v) is 0.613. The summed E-state index contributed by atoms with van der Waals surface area (Å²) in [5, 5.41) is 8.95. The molecule has 0 saturated heterocycles. The fourth-order valence-electron chi connectivity index (χ4n) is 0.613. The minimum absolute atomic E-state index is 0.296. The van der Waals surface area contributed by atoms with Gasteiger partial charge in [-0.05, 0) is 17.7 Å². The van der Waals surface area contributed by atoms with Crippen molar-refractivity contribution in [3.63, 3.8) is 0 Å². The van der Waals surface area contributed by atoms with Crippen molar-refractivity contribution in [3.8, 4) is 0 Å². The first kappa shape index (κ1) is 4.47. The summed E-state index contributed by atoms with van der Waals surface area (Å²) in [5.41, 5.74) is -0.764. The zero-order valence-electron chi connectivity index (χ0n) is 8.43. The highest BCUT2D eigenvalue weighted by Gasteiger charge is 2.00. The van der Waals surface area contributed by atoms with Crippen LogP contribution in [0.3, 0.4) is 0 Å². The molecular formula is C8H6FNO. The lowest BCUT2D eigenvalue weighted by Crippen LogP contribution is -1.82. The average Bonchev–Trinajstić information content (AvgIpc) is 2.07. The molecule has 0 aliphatic carbocycles. The van der Waals surface area contributed by atoms with Crippen LogP contribution in [0.2, 0.25) is 0 Å². The standard InChI is InChI=1S/C8H6FNO/c1-10-8-4-6(5-11)2-3-7(8)9/h2-4,11H,5H2/i3D,5D2. The van der Waals surface area contributed by atoms with E-state index in [0.29, 0.717) is 0 Å². The Morgan fingerprint density at radius 1 is 1.91 bits per heavy atom. The maximum Gasteiger partial charge on any atom is 0.222 e. The molecule has 0 atom stereocenters. The second-order valence-electron chi connectivity index (χ2n) is 1.81. The number of halogens is 1. The molecule has 1 N–H and O–H groups in total. The largest absolute Gasteiger partial charge is 0.392 e. The zero-order chi connectivity index (χ0) is 10.9. The summed E-state index contributed by atoms with van der Waals surface area (Å²) in [6, 6.07) is 1.14. The zero-order valence-corrected chi connectivity index (χ0v) is 5.43. The molecule has 0 saturated carbocycles. The van der Waals surface area contributed by atoms with Crippen LogP contribution >= 0.6 is 0 Å². The molecule has 0 aliphatic heterocycles. The number of rotatable bonds is 1. The van der Waals surface area contributed by atoms with Gasteiger partial charge in [0, 0.05) is 0 Å². The van der Waals surface area contributed by atoms with Gasteiger partial charge < -0.3 is 5.11 Å². The van der Waals surface area contributed by atoms with E-state index >= 15 is 0 Å². The van der Waals surface area contributed by atoms with Gasteiger partial charge in [-0.15, -0.1) is 0 Å². The molecule has 0 spiro atoms. The maximum atomic E-state index is 13.0. The normalized spacial score (nSPS) is 14.5. The predicted molar refractivity (Wildman–Crippen MR) is 38.6 cm³/mol. The molecule has 3 heteroatoms. The molecular weight excluding hydrogens is 145 g/mol. The Morgan fingerprint density at radius 2 is 2.64 bits per heavy atom. The van der Waals surface area contributed by atoms with Crippen LogP contribution in [-0.2, 0) is 6.56 Å². The minimum Gasteiger partial charge on any atom is -0.392 e. The van der Waals surface area contributed by atoms with Crippen molar-refractivity contribution in [3.05, 3.63) is 41.0 Å². The van der Waals surface area contributed by atoms with E-state index < -0.39 is 24.1 Å². The summed E-state index contributed by atoms with van der Waals surface area (Å²) in [6.07, 6.45) is 0. The smallest absolute Gasteiger partial charge is 0.222 e. The maximum absolute atomic E-state index is 13.0. The first-order valence-corrected chi connectivity index (χ1v) is 2.76. The summed E-state index contributed by atoms with van der Waals surface area (Å²) in [6.45, 7) is 3.92. The van der Waals surface area contributed by atoms with Gasteiger partial charge in [-0.2, -0.15) is 0 Å². The number of nitrogens with zero attached hydrogens (tertiary/aromatic N) is 1. The molecule has 1 rings (SSSR count). The first-order valence-electron chi connectivity index (χ1n) is 4.26. The van der Waals surface area contributed by atoms with Crippen molar-refractivity contribution in [1.29, 1.82) is 0 Å². The third kappa shape index (κ3) is 1.54. The van der Waals surface area contributed by atoms with E-state index in [2.05, 4.69) is 4.85 Å². The van der Waals surface area contributed by atoms with Gasteiger partial charge in [0.05, 0.1) is 17.2 Å². The van der Waals surface area contributed by atoms with Crippen LogP contribution < -0.4 is 0 Å². The van der Waals surface area contributed by atoms with Gasteiger partial charge in [0.2, 0.25) is 5.69 Å². The lowest BCUT2D eigenvalue weighted by Gasteiger charge is -1.96. The second kappa shape index (κ2) is 3.13. The Bertz CT molecular complexity index is 408. The molecule has 0 heterocycles. The van der Waals surface area contributed by atoms with Crippen molar-refractivity contribution >= 4 is 5.69 Å². The van der Waals surface area contributed by atoms with Gasteiger partial charge in [-0.25, -0.2) is 9.24 Å². The van der Waals surface area contributed by atoms with Gasteiger partial charge in [-0.1, -0.05) is 6.07 Å². The molecule has 0 bridgehead atoms. The van der Waals surface area contributed by atoms with E-state index in [1.54, 1.807) is 0 Å². The third-order valence-corrected chi connectivity index (χ3v) is 1.12. The highest BCUT2D eigenvalue weighted by molar-refractivity contribution is 5.47. The highest BCUT2D eigenvalue weighted by Crippen LogP contribution is 2.18. The first-order chi connectivity index (χ1) is 6.36. The molecule has 56 valence electrons. The molecule has 1 aromatic carbocycles. The Balaban J connectivity index is 3.40. The van der Waals surface area contributed by atoms with Gasteiger partial charge in [-0.3, -0.25) is 0 Å². The summed E-state index contributed by atoms with van der Waals surface area (Å²) >= 11 is 0. The van der Waals surface area contributed by atoms with E-state index in [0.717, 1.165) is 12.1 Å². The van der Waals surface area contributed by atoms with Gasteiger partial charge in [0.1, 0.15) is 5.82 Å². The summed E-state index contributed by atoms with van der Waals surface area (Å²) in [4.78, 5) is 2.78. The lowest BCUT2D eigenvalue weighted by molar-refractivity contribution is 0.282. The van der Waals surface area contributed by atoms with Crippen molar-refractivity contribution in [2.75, 3.05) is 0 Å². The second-order valence-corrected chi connectivity index (χ2v) is 1.81. The van der Waals surface area contributed by atoms with Gasteiger partial charge in [0.25, 0.3) is 0 Å². The predicted octanol–water partition coefficient (Wildman–Crippen LogP) is 1.87. The van der Waals surface area contributed by atoms with Gasteiger partial charge in [0.15, 0.2) is 0 Å². The van der Waals surface area contributed by atoms with Crippen LogP contribution in [0.5, 0.6) is 0 Å². The topological polar surface area (TPSA) is 24.6 Å². The van der Waals surface area contributed by atoms with Crippen molar-refractivity contribution in [2.45, 2.75) is 6.56 Å². The van der Waals surface area contributed by atoms with Crippen LogP contribution in [0, 0.1) is 12.4 Å². The Hall–Kier alpha value is -1.40. The quantitative estimate of drug-likeness (QED) is 0.613. The fraction of sp³-hybridized carbons (Fsp3) is 0.125. The number of hydrogen-bond acceptors (Lipinski definition) is 1. The van der Waals surface area contributed by atoms with E-state index in [4.69, 9.17) is 15.8 Å². The molecule has 0 aromatic heterocycles. The molecule has 0 radical (unpaired) electrons. The summed E-state index contributed by atoms with van der Waals surface area (Å²) in [7, 11) is 0. The number of hydrogen-bond donors (Lipinski definition) is 1. The van der Waals surface area contributed by atoms with Crippen LogP contribution in [0.1, 0.15) is 9.68 Å². The van der Waals surface area contributed by atoms with E-state index in [-0.39, 0.29) is 5.56 Å². The monoisotopic (exact) mass is 154 g/mol. The van der Waals surface area contributed by atoms with Crippen LogP contribution in [0.4, 0.5) is 10.1 Å². The minimum atomic E-state index is -2.66. The Labute approximate surface area is 67.9 Å². The van der Waals surface area contributed by atoms with Crippen molar-refractivity contribution in [1.82, 2.24) is 0 Å². The highest BCUT2D eigenvalue weighted by atomic mass is 19.1. The lowest BCUT2D eigenvalue weighted by atomic mass is 10.2. The molecule has 0 amide bonds. The number of aliphatic hydroxyl groups is 1. The van der Waals surface area contributed by atoms with Crippen LogP contribution in [-0.4, -0.2) is 5.11 Å².